The average molecular weight is 260 g/mol. The van der Waals surface area contributed by atoms with E-state index in [1.165, 1.54) is 12.1 Å². The van der Waals surface area contributed by atoms with Gasteiger partial charge in [0.15, 0.2) is 0 Å². The first kappa shape index (κ1) is 13.9. The summed E-state index contributed by atoms with van der Waals surface area (Å²) < 4.78 is 26.0. The number of anilines is 1. The molecule has 0 fully saturated rings. The van der Waals surface area contributed by atoms with E-state index in [2.05, 4.69) is 4.72 Å². The number of aryl methyl sites for hydroxylation is 1. The first-order chi connectivity index (χ1) is 7.90. The summed E-state index contributed by atoms with van der Waals surface area (Å²) in [6, 6.07) is 3.51. The molecule has 1 aromatic rings. The minimum absolute atomic E-state index is 0.0820. The fourth-order valence-corrected chi connectivity index (χ4v) is 2.83. The molecule has 0 saturated carbocycles. The lowest BCUT2D eigenvalue weighted by molar-refractivity contribution is 0.185. The molecule has 0 radical (unpaired) electrons. The molecule has 0 atom stereocenters. The highest BCUT2D eigenvalue weighted by Gasteiger charge is 2.20. The van der Waals surface area contributed by atoms with Gasteiger partial charge in [-0.25, -0.2) is 13.1 Å². The number of hydrogen-bond acceptors (Lipinski definition) is 5. The summed E-state index contributed by atoms with van der Waals surface area (Å²) in [4.78, 5) is 0.0820. The van der Waals surface area contributed by atoms with E-state index in [1.54, 1.807) is 13.0 Å². The Kier molecular flexibility index (Phi) is 4.47. The normalized spacial score (nSPS) is 12.0. The third-order valence-corrected chi connectivity index (χ3v) is 3.93. The van der Waals surface area contributed by atoms with Gasteiger partial charge in [0.05, 0.1) is 24.2 Å². The van der Waals surface area contributed by atoms with Gasteiger partial charge in [0.25, 0.3) is 0 Å². The number of benzene rings is 1. The minimum Gasteiger partial charge on any atom is -0.399 e. The van der Waals surface area contributed by atoms with Crippen LogP contribution in [-0.2, 0) is 10.0 Å². The van der Waals surface area contributed by atoms with E-state index in [-0.39, 0.29) is 4.90 Å². The summed E-state index contributed by atoms with van der Waals surface area (Å²) in [5.41, 5.74) is 6.51. The van der Waals surface area contributed by atoms with Crippen LogP contribution in [0.1, 0.15) is 5.56 Å². The van der Waals surface area contributed by atoms with Gasteiger partial charge >= 0.3 is 0 Å². The van der Waals surface area contributed by atoms with Gasteiger partial charge in [0.2, 0.25) is 10.0 Å². The van der Waals surface area contributed by atoms with Crippen molar-refractivity contribution in [3.8, 4) is 0 Å². The van der Waals surface area contributed by atoms with Crippen molar-refractivity contribution in [3.63, 3.8) is 0 Å². The zero-order valence-corrected chi connectivity index (χ0v) is 10.2. The number of hydrogen-bond donors (Lipinski definition) is 4. The number of nitrogen functional groups attached to an aromatic ring is 1. The fourth-order valence-electron chi connectivity index (χ4n) is 1.39. The highest BCUT2D eigenvalue weighted by atomic mass is 32.2. The maximum absolute atomic E-state index is 11.9. The van der Waals surface area contributed by atoms with Crippen molar-refractivity contribution < 1.29 is 18.6 Å². The summed E-state index contributed by atoms with van der Waals surface area (Å²) in [6.07, 6.45) is 0. The first-order valence-electron chi connectivity index (χ1n) is 5.01. The highest BCUT2D eigenvalue weighted by Crippen LogP contribution is 2.17. The molecular formula is C10H16N2O4S. The van der Waals surface area contributed by atoms with E-state index in [4.69, 9.17) is 15.9 Å². The van der Waals surface area contributed by atoms with E-state index >= 15 is 0 Å². The summed E-state index contributed by atoms with van der Waals surface area (Å²) in [7, 11) is -3.76. The Labute approximate surface area is 100 Å². The summed E-state index contributed by atoms with van der Waals surface area (Å²) in [5.74, 6) is 0. The number of rotatable bonds is 5. The lowest BCUT2D eigenvalue weighted by Crippen LogP contribution is -2.40. The SMILES string of the molecule is Cc1cc(N)ccc1S(=O)(=O)NC(CO)CO. The van der Waals surface area contributed by atoms with Gasteiger partial charge in [0.1, 0.15) is 0 Å². The highest BCUT2D eigenvalue weighted by molar-refractivity contribution is 7.89. The van der Waals surface area contributed by atoms with Crippen molar-refractivity contribution in [2.45, 2.75) is 17.9 Å². The van der Waals surface area contributed by atoms with Gasteiger partial charge in [-0.1, -0.05) is 0 Å². The van der Waals surface area contributed by atoms with Crippen LogP contribution < -0.4 is 10.5 Å². The number of nitrogens with one attached hydrogen (secondary N) is 1. The Bertz CT molecular complexity index is 483. The van der Waals surface area contributed by atoms with Crippen LogP contribution in [0.3, 0.4) is 0 Å². The van der Waals surface area contributed by atoms with Crippen molar-refractivity contribution in [1.29, 1.82) is 0 Å². The molecule has 0 aliphatic rings. The van der Waals surface area contributed by atoms with Crippen LogP contribution >= 0.6 is 0 Å². The zero-order valence-electron chi connectivity index (χ0n) is 9.42. The van der Waals surface area contributed by atoms with Crippen LogP contribution in [0.5, 0.6) is 0 Å². The van der Waals surface area contributed by atoms with Crippen LogP contribution in [0.4, 0.5) is 5.69 Å². The summed E-state index contributed by atoms with van der Waals surface area (Å²) >= 11 is 0. The van der Waals surface area contributed by atoms with Gasteiger partial charge in [-0.15, -0.1) is 0 Å². The molecule has 5 N–H and O–H groups in total. The van der Waals surface area contributed by atoms with Crippen molar-refractivity contribution >= 4 is 15.7 Å². The first-order valence-corrected chi connectivity index (χ1v) is 6.49. The molecule has 6 nitrogen and oxygen atoms in total. The summed E-state index contributed by atoms with van der Waals surface area (Å²) in [5, 5.41) is 17.7. The van der Waals surface area contributed by atoms with E-state index < -0.39 is 29.3 Å². The van der Waals surface area contributed by atoms with Gasteiger partial charge in [0, 0.05) is 5.69 Å². The zero-order chi connectivity index (χ0) is 13.1. The Morgan fingerprint density at radius 1 is 1.35 bits per heavy atom. The molecule has 0 heterocycles. The number of aliphatic hydroxyl groups is 2. The standard InChI is InChI=1S/C10H16N2O4S/c1-7-4-8(11)2-3-10(7)17(15,16)12-9(5-13)6-14/h2-4,9,12-14H,5-6,11H2,1H3. The third-order valence-electron chi connectivity index (χ3n) is 2.25. The van der Waals surface area contributed by atoms with Gasteiger partial charge < -0.3 is 15.9 Å². The second kappa shape index (κ2) is 5.46. The Morgan fingerprint density at radius 2 is 1.94 bits per heavy atom. The molecule has 0 bridgehead atoms. The largest absolute Gasteiger partial charge is 0.399 e. The van der Waals surface area contributed by atoms with E-state index in [1.807, 2.05) is 0 Å². The molecule has 0 aliphatic heterocycles. The van der Waals surface area contributed by atoms with Gasteiger partial charge in [-0.05, 0) is 30.7 Å². The molecule has 0 spiro atoms. The predicted octanol–water partition coefficient (Wildman–Crippen LogP) is -0.791. The second-order valence-corrected chi connectivity index (χ2v) is 5.39. The van der Waals surface area contributed by atoms with Gasteiger partial charge in [-0.3, -0.25) is 0 Å². The number of aliphatic hydroxyl groups excluding tert-OH is 2. The molecule has 0 unspecified atom stereocenters. The Morgan fingerprint density at radius 3 is 2.41 bits per heavy atom. The lowest BCUT2D eigenvalue weighted by Gasteiger charge is -2.15. The van der Waals surface area contributed by atoms with Crippen LogP contribution in [-0.4, -0.2) is 37.9 Å². The molecule has 0 aliphatic carbocycles. The second-order valence-electron chi connectivity index (χ2n) is 3.71. The molecule has 1 aromatic carbocycles. The van der Waals surface area contributed by atoms with Gasteiger partial charge in [-0.2, -0.15) is 0 Å². The maximum atomic E-state index is 11.9. The molecular weight excluding hydrogens is 244 g/mol. The van der Waals surface area contributed by atoms with Crippen molar-refractivity contribution in [3.05, 3.63) is 23.8 Å². The molecule has 17 heavy (non-hydrogen) atoms. The molecule has 0 saturated heterocycles. The maximum Gasteiger partial charge on any atom is 0.241 e. The quantitative estimate of drug-likeness (QED) is 0.518. The van der Waals surface area contributed by atoms with Crippen LogP contribution in [0.2, 0.25) is 0 Å². The fraction of sp³-hybridized carbons (Fsp3) is 0.400. The smallest absolute Gasteiger partial charge is 0.241 e. The topological polar surface area (TPSA) is 113 Å². The van der Waals surface area contributed by atoms with Crippen LogP contribution in [0.15, 0.2) is 23.1 Å². The van der Waals surface area contributed by atoms with Crippen molar-refractivity contribution in [2.24, 2.45) is 0 Å². The van der Waals surface area contributed by atoms with Crippen LogP contribution in [0.25, 0.3) is 0 Å². The van der Waals surface area contributed by atoms with E-state index in [0.717, 1.165) is 0 Å². The van der Waals surface area contributed by atoms with E-state index in [0.29, 0.717) is 11.3 Å². The molecule has 0 aromatic heterocycles. The summed E-state index contributed by atoms with van der Waals surface area (Å²) in [6.45, 7) is 0.686. The number of nitrogens with two attached hydrogens (primary N) is 1. The van der Waals surface area contributed by atoms with Crippen molar-refractivity contribution in [2.75, 3.05) is 18.9 Å². The average Bonchev–Trinajstić information content (AvgIpc) is 2.25. The van der Waals surface area contributed by atoms with Crippen LogP contribution in [0, 0.1) is 6.92 Å². The number of sulfonamides is 1. The molecule has 0 amide bonds. The van der Waals surface area contributed by atoms with E-state index in [9.17, 15) is 8.42 Å². The minimum atomic E-state index is -3.76. The predicted molar refractivity (Wildman–Crippen MR) is 63.9 cm³/mol. The van der Waals surface area contributed by atoms with Crippen molar-refractivity contribution in [1.82, 2.24) is 4.72 Å². The Hall–Kier alpha value is -1.15. The lowest BCUT2D eigenvalue weighted by atomic mass is 10.2. The molecule has 96 valence electrons. The molecule has 7 heteroatoms. The Balaban J connectivity index is 3.05. The monoisotopic (exact) mass is 260 g/mol. The third kappa shape index (κ3) is 3.40. The molecule has 1 rings (SSSR count).